The summed E-state index contributed by atoms with van der Waals surface area (Å²) >= 11 is 0. The van der Waals surface area contributed by atoms with E-state index in [1.807, 2.05) is 62.4 Å². The first-order chi connectivity index (χ1) is 17.2. The number of carbonyl (C=O) groups excluding carboxylic acids is 1. The Hall–Kier alpha value is -4.04. The normalized spacial score (nSPS) is 18.4. The van der Waals surface area contributed by atoms with Gasteiger partial charge >= 0.3 is 6.03 Å². The molecule has 4 aromatic rings. The number of para-hydroxylation sites is 1. The number of aromatic nitrogens is 4. The first kappa shape index (κ1) is 23.7. The first-order valence-electron chi connectivity index (χ1n) is 12.0. The van der Waals surface area contributed by atoms with Crippen molar-refractivity contribution in [3.8, 4) is 16.9 Å². The fraction of sp³-hybridized carbons (Fsp3) is 0.286. The molecular formula is C28H30N6O2. The van der Waals surface area contributed by atoms with Gasteiger partial charge in [0.05, 0.1) is 17.8 Å². The first-order valence-corrected chi connectivity index (χ1v) is 12.0. The Bertz CT molecular complexity index is 1400. The van der Waals surface area contributed by atoms with Gasteiger partial charge in [0.1, 0.15) is 17.3 Å². The number of aliphatic hydroxyl groups is 1. The Labute approximate surface area is 210 Å². The minimum absolute atomic E-state index is 0.182. The maximum absolute atomic E-state index is 13.3. The summed E-state index contributed by atoms with van der Waals surface area (Å²) in [4.78, 5) is 21.9. The quantitative estimate of drug-likeness (QED) is 0.386. The molecule has 0 bridgehead atoms. The lowest BCUT2D eigenvalue weighted by atomic mass is 9.70. The number of hydrogen-bond acceptors (Lipinski definition) is 5. The molecule has 0 saturated heterocycles. The Kier molecular flexibility index (Phi) is 6.05. The van der Waals surface area contributed by atoms with Crippen LogP contribution in [0.15, 0.2) is 67.0 Å². The van der Waals surface area contributed by atoms with Gasteiger partial charge < -0.3 is 10.4 Å². The van der Waals surface area contributed by atoms with Gasteiger partial charge in [-0.2, -0.15) is 5.10 Å². The molecule has 1 aliphatic carbocycles. The van der Waals surface area contributed by atoms with Crippen molar-refractivity contribution in [3.63, 3.8) is 0 Å². The summed E-state index contributed by atoms with van der Waals surface area (Å²) in [7, 11) is 0. The minimum Gasteiger partial charge on any atom is -0.391 e. The van der Waals surface area contributed by atoms with Crippen LogP contribution in [0.4, 0.5) is 10.6 Å². The fourth-order valence-electron chi connectivity index (χ4n) is 4.99. The van der Waals surface area contributed by atoms with Gasteiger partial charge in [-0.25, -0.2) is 19.4 Å². The minimum atomic E-state index is -0.707. The molecule has 0 unspecified atom stereocenters. The van der Waals surface area contributed by atoms with E-state index in [2.05, 4.69) is 40.5 Å². The maximum Gasteiger partial charge on any atom is 0.320 e. The number of aryl methyl sites for hydroxylation is 1. The van der Waals surface area contributed by atoms with E-state index in [-0.39, 0.29) is 5.41 Å². The summed E-state index contributed by atoms with van der Waals surface area (Å²) in [5, 5.41) is 21.8. The van der Waals surface area contributed by atoms with Crippen LogP contribution in [0.5, 0.6) is 0 Å². The SMILES string of the molecule is Cc1ncc(-c2nn(-c3ccccc3)c(NC(=O)N[C@@H]3c4ccccc4C(C)(C)C[C@H]3O)c2C)cn1. The molecule has 0 spiro atoms. The van der Waals surface area contributed by atoms with Crippen molar-refractivity contribution in [2.24, 2.45) is 0 Å². The Balaban J connectivity index is 1.49. The van der Waals surface area contributed by atoms with Crippen LogP contribution in [-0.4, -0.2) is 37.0 Å². The van der Waals surface area contributed by atoms with Crippen molar-refractivity contribution in [1.82, 2.24) is 25.1 Å². The van der Waals surface area contributed by atoms with Gasteiger partial charge in [-0.05, 0) is 48.9 Å². The number of aliphatic hydroxyl groups excluding tert-OH is 1. The number of carbonyl (C=O) groups is 1. The van der Waals surface area contributed by atoms with Crippen molar-refractivity contribution in [1.29, 1.82) is 0 Å². The maximum atomic E-state index is 13.3. The fourth-order valence-corrected chi connectivity index (χ4v) is 4.99. The number of rotatable bonds is 4. The smallest absolute Gasteiger partial charge is 0.320 e. The van der Waals surface area contributed by atoms with Crippen molar-refractivity contribution >= 4 is 11.8 Å². The van der Waals surface area contributed by atoms with Gasteiger partial charge in [0, 0.05) is 23.5 Å². The van der Waals surface area contributed by atoms with E-state index in [1.54, 1.807) is 17.1 Å². The number of fused-ring (bicyclic) bond motifs is 1. The predicted molar refractivity (Wildman–Crippen MR) is 139 cm³/mol. The zero-order chi connectivity index (χ0) is 25.4. The number of anilines is 1. The van der Waals surface area contributed by atoms with Gasteiger partial charge in [0.15, 0.2) is 0 Å². The van der Waals surface area contributed by atoms with Crippen LogP contribution in [-0.2, 0) is 5.41 Å². The van der Waals surface area contributed by atoms with Crippen LogP contribution in [0.1, 0.15) is 48.8 Å². The van der Waals surface area contributed by atoms with E-state index in [0.29, 0.717) is 23.8 Å². The zero-order valence-corrected chi connectivity index (χ0v) is 20.9. The summed E-state index contributed by atoms with van der Waals surface area (Å²) in [5.41, 5.74) is 4.91. The molecule has 0 aliphatic heterocycles. The van der Waals surface area contributed by atoms with Crippen molar-refractivity contribution in [2.75, 3.05) is 5.32 Å². The highest BCUT2D eigenvalue weighted by molar-refractivity contribution is 5.91. The second-order valence-corrected chi connectivity index (χ2v) is 9.91. The molecule has 8 heteroatoms. The number of urea groups is 1. The van der Waals surface area contributed by atoms with Crippen molar-refractivity contribution in [2.45, 2.75) is 51.7 Å². The molecule has 36 heavy (non-hydrogen) atoms. The highest BCUT2D eigenvalue weighted by Gasteiger charge is 2.39. The van der Waals surface area contributed by atoms with Gasteiger partial charge in [-0.3, -0.25) is 5.32 Å². The van der Waals surface area contributed by atoms with Crippen LogP contribution in [0.2, 0.25) is 0 Å². The standard InChI is InChI=1S/C28H30N6O2/c1-17-24(19-15-29-18(2)30-16-19)33-34(20-10-6-5-7-11-20)26(17)32-27(36)31-25-21-12-8-9-13-22(21)28(3,4)14-23(25)35/h5-13,15-16,23,25,35H,14H2,1-4H3,(H2,31,32,36)/t23-,25-/m1/s1. The van der Waals surface area contributed by atoms with Crippen LogP contribution >= 0.6 is 0 Å². The molecule has 2 atom stereocenters. The van der Waals surface area contributed by atoms with E-state index >= 15 is 0 Å². The van der Waals surface area contributed by atoms with Crippen LogP contribution in [0.3, 0.4) is 0 Å². The molecule has 0 saturated carbocycles. The Morgan fingerprint density at radius 2 is 1.69 bits per heavy atom. The lowest BCUT2D eigenvalue weighted by molar-refractivity contribution is 0.0883. The molecular weight excluding hydrogens is 452 g/mol. The highest BCUT2D eigenvalue weighted by atomic mass is 16.3. The largest absolute Gasteiger partial charge is 0.391 e. The molecule has 2 heterocycles. The summed E-state index contributed by atoms with van der Waals surface area (Å²) in [6.45, 7) is 7.97. The lowest BCUT2D eigenvalue weighted by Crippen LogP contribution is -2.45. The summed E-state index contributed by atoms with van der Waals surface area (Å²) < 4.78 is 1.71. The molecule has 5 rings (SSSR count). The monoisotopic (exact) mass is 482 g/mol. The third kappa shape index (κ3) is 4.35. The number of nitrogens with zero attached hydrogens (tertiary/aromatic N) is 4. The van der Waals surface area contributed by atoms with E-state index in [1.165, 1.54) is 0 Å². The molecule has 2 aromatic heterocycles. The molecule has 8 nitrogen and oxygen atoms in total. The van der Waals surface area contributed by atoms with Gasteiger partial charge in [0.25, 0.3) is 0 Å². The van der Waals surface area contributed by atoms with E-state index in [4.69, 9.17) is 5.10 Å². The van der Waals surface area contributed by atoms with E-state index in [0.717, 1.165) is 27.9 Å². The number of benzene rings is 2. The highest BCUT2D eigenvalue weighted by Crippen LogP contribution is 2.41. The summed E-state index contributed by atoms with van der Waals surface area (Å²) in [5.74, 6) is 1.21. The molecule has 184 valence electrons. The lowest BCUT2D eigenvalue weighted by Gasteiger charge is -2.40. The third-order valence-electron chi connectivity index (χ3n) is 6.83. The second kappa shape index (κ2) is 9.20. The van der Waals surface area contributed by atoms with Crippen molar-refractivity contribution in [3.05, 3.63) is 89.5 Å². The van der Waals surface area contributed by atoms with Gasteiger partial charge in [-0.15, -0.1) is 0 Å². The number of nitrogens with one attached hydrogen (secondary N) is 2. The third-order valence-corrected chi connectivity index (χ3v) is 6.83. The Morgan fingerprint density at radius 3 is 2.42 bits per heavy atom. The van der Waals surface area contributed by atoms with E-state index < -0.39 is 18.2 Å². The second-order valence-electron chi connectivity index (χ2n) is 9.91. The Morgan fingerprint density at radius 1 is 1.03 bits per heavy atom. The van der Waals surface area contributed by atoms with Crippen LogP contribution in [0.25, 0.3) is 16.9 Å². The average Bonchev–Trinajstić information content (AvgIpc) is 3.18. The summed E-state index contributed by atoms with van der Waals surface area (Å²) in [6, 6.07) is 16.6. The molecule has 0 fully saturated rings. The average molecular weight is 483 g/mol. The molecule has 1 aliphatic rings. The predicted octanol–water partition coefficient (Wildman–Crippen LogP) is 4.85. The molecule has 2 aromatic carbocycles. The van der Waals surface area contributed by atoms with Gasteiger partial charge in [-0.1, -0.05) is 56.3 Å². The van der Waals surface area contributed by atoms with Crippen LogP contribution in [0, 0.1) is 13.8 Å². The molecule has 2 amide bonds. The number of hydrogen-bond donors (Lipinski definition) is 3. The number of amides is 2. The molecule has 3 N–H and O–H groups in total. The van der Waals surface area contributed by atoms with Crippen molar-refractivity contribution < 1.29 is 9.90 Å². The topological polar surface area (TPSA) is 105 Å². The zero-order valence-electron chi connectivity index (χ0n) is 20.9. The van der Waals surface area contributed by atoms with E-state index in [9.17, 15) is 9.90 Å². The van der Waals surface area contributed by atoms with Gasteiger partial charge in [0.2, 0.25) is 0 Å². The molecule has 0 radical (unpaired) electrons. The van der Waals surface area contributed by atoms with Crippen LogP contribution < -0.4 is 10.6 Å². The summed E-state index contributed by atoms with van der Waals surface area (Å²) in [6.07, 6.45) is 3.30.